The lowest BCUT2D eigenvalue weighted by atomic mass is 10.2. The first-order valence-corrected chi connectivity index (χ1v) is 4.39. The van der Waals surface area contributed by atoms with Crippen LogP contribution in [0, 0.1) is 0 Å². The van der Waals surface area contributed by atoms with E-state index in [9.17, 15) is 4.79 Å². The van der Waals surface area contributed by atoms with Crippen LogP contribution in [-0.4, -0.2) is 18.6 Å². The molecule has 0 aromatic carbocycles. The van der Waals surface area contributed by atoms with Crippen molar-refractivity contribution in [3.05, 3.63) is 0 Å². The van der Waals surface area contributed by atoms with Crippen LogP contribution in [0.25, 0.3) is 0 Å². The minimum Gasteiger partial charge on any atom is -0.464 e. The number of carbonyl (C=O) groups is 1. The maximum atomic E-state index is 11.1. The second-order valence-corrected chi connectivity index (χ2v) is 2.65. The molecule has 4 nitrogen and oxygen atoms in total. The summed E-state index contributed by atoms with van der Waals surface area (Å²) < 4.78 is 4.94. The molecule has 1 unspecified atom stereocenters. The van der Waals surface area contributed by atoms with Crippen LogP contribution in [0.4, 0.5) is 0 Å². The zero-order chi connectivity index (χ0) is 9.40. The number of ether oxygens (including phenoxy) is 1. The molecule has 0 saturated carbocycles. The van der Waals surface area contributed by atoms with Crippen LogP contribution in [0.15, 0.2) is 0 Å². The van der Waals surface area contributed by atoms with Crippen molar-refractivity contribution in [2.75, 3.05) is 6.61 Å². The van der Waals surface area contributed by atoms with E-state index in [1.807, 2.05) is 13.8 Å². The Morgan fingerprint density at radius 3 is 2.67 bits per heavy atom. The standard InChI is InChI=1S/C8H18N2O2/c1-3-5-6-12-8(11)7(4-2)10-9/h7,10H,3-6,9H2,1-2H3. The van der Waals surface area contributed by atoms with Crippen LogP contribution in [0.1, 0.15) is 33.1 Å². The van der Waals surface area contributed by atoms with Gasteiger partial charge in [-0.15, -0.1) is 0 Å². The average molecular weight is 174 g/mol. The fourth-order valence-corrected chi connectivity index (χ4v) is 0.770. The lowest BCUT2D eigenvalue weighted by molar-refractivity contribution is -0.146. The summed E-state index contributed by atoms with van der Waals surface area (Å²) in [7, 11) is 0. The summed E-state index contributed by atoms with van der Waals surface area (Å²) in [5.74, 6) is 4.88. The third-order valence-corrected chi connectivity index (χ3v) is 1.64. The second kappa shape index (κ2) is 7.06. The molecule has 12 heavy (non-hydrogen) atoms. The first-order chi connectivity index (χ1) is 5.76. The van der Waals surface area contributed by atoms with Crippen molar-refractivity contribution >= 4 is 5.97 Å². The van der Waals surface area contributed by atoms with Gasteiger partial charge in [0.05, 0.1) is 6.61 Å². The molecule has 0 radical (unpaired) electrons. The molecular formula is C8H18N2O2. The highest BCUT2D eigenvalue weighted by Crippen LogP contribution is 1.95. The van der Waals surface area contributed by atoms with Crippen LogP contribution >= 0.6 is 0 Å². The van der Waals surface area contributed by atoms with Crippen molar-refractivity contribution in [1.29, 1.82) is 0 Å². The Labute approximate surface area is 73.4 Å². The highest BCUT2D eigenvalue weighted by Gasteiger charge is 2.14. The lowest BCUT2D eigenvalue weighted by Gasteiger charge is -2.11. The van der Waals surface area contributed by atoms with Gasteiger partial charge in [-0.25, -0.2) is 5.43 Å². The average Bonchev–Trinajstić information content (AvgIpc) is 2.07. The van der Waals surface area contributed by atoms with Gasteiger partial charge in [0.25, 0.3) is 0 Å². The van der Waals surface area contributed by atoms with Gasteiger partial charge in [-0.1, -0.05) is 20.3 Å². The van der Waals surface area contributed by atoms with Gasteiger partial charge in [0.2, 0.25) is 0 Å². The topological polar surface area (TPSA) is 64.3 Å². The van der Waals surface area contributed by atoms with E-state index in [1.54, 1.807) is 0 Å². The minimum absolute atomic E-state index is 0.256. The van der Waals surface area contributed by atoms with Gasteiger partial charge in [-0.2, -0.15) is 0 Å². The van der Waals surface area contributed by atoms with Gasteiger partial charge in [0.1, 0.15) is 6.04 Å². The number of nitrogens with one attached hydrogen (secondary N) is 1. The van der Waals surface area contributed by atoms with Gasteiger partial charge in [0, 0.05) is 0 Å². The molecule has 0 fully saturated rings. The normalized spacial score (nSPS) is 12.6. The van der Waals surface area contributed by atoms with Gasteiger partial charge < -0.3 is 4.74 Å². The van der Waals surface area contributed by atoms with E-state index >= 15 is 0 Å². The third-order valence-electron chi connectivity index (χ3n) is 1.64. The Morgan fingerprint density at radius 2 is 2.25 bits per heavy atom. The van der Waals surface area contributed by atoms with Crippen LogP contribution in [0.2, 0.25) is 0 Å². The summed E-state index contributed by atoms with van der Waals surface area (Å²) in [6.45, 7) is 4.42. The number of hydrogen-bond acceptors (Lipinski definition) is 4. The number of unbranched alkanes of at least 4 members (excludes halogenated alkanes) is 1. The maximum Gasteiger partial charge on any atom is 0.324 e. The summed E-state index contributed by atoms with van der Waals surface area (Å²) in [4.78, 5) is 11.1. The van der Waals surface area contributed by atoms with Crippen molar-refractivity contribution < 1.29 is 9.53 Å². The molecule has 0 aromatic rings. The van der Waals surface area contributed by atoms with E-state index in [-0.39, 0.29) is 12.0 Å². The molecule has 72 valence electrons. The predicted molar refractivity (Wildman–Crippen MR) is 47.3 cm³/mol. The number of nitrogens with two attached hydrogens (primary N) is 1. The van der Waals surface area contributed by atoms with Crippen LogP contribution < -0.4 is 11.3 Å². The Balaban J connectivity index is 3.54. The van der Waals surface area contributed by atoms with Gasteiger partial charge >= 0.3 is 5.97 Å². The van der Waals surface area contributed by atoms with Crippen molar-refractivity contribution in [3.63, 3.8) is 0 Å². The molecule has 1 atom stereocenters. The quantitative estimate of drug-likeness (QED) is 0.267. The fraction of sp³-hybridized carbons (Fsp3) is 0.875. The molecule has 0 aliphatic carbocycles. The maximum absolute atomic E-state index is 11.1. The van der Waals surface area contributed by atoms with E-state index in [0.717, 1.165) is 12.8 Å². The Hall–Kier alpha value is -0.610. The molecular weight excluding hydrogens is 156 g/mol. The Bertz CT molecular complexity index is 124. The molecule has 0 aliphatic heterocycles. The van der Waals surface area contributed by atoms with E-state index in [2.05, 4.69) is 5.43 Å². The SMILES string of the molecule is CCCCOC(=O)C(CC)NN. The van der Waals surface area contributed by atoms with Crippen molar-refractivity contribution in [1.82, 2.24) is 5.43 Å². The monoisotopic (exact) mass is 174 g/mol. The van der Waals surface area contributed by atoms with Crippen LogP contribution in [-0.2, 0) is 9.53 Å². The number of rotatable bonds is 6. The minimum atomic E-state index is -0.359. The van der Waals surface area contributed by atoms with E-state index < -0.39 is 0 Å². The number of hydrogen-bond donors (Lipinski definition) is 2. The predicted octanol–water partition coefficient (Wildman–Crippen LogP) is 0.572. The molecule has 3 N–H and O–H groups in total. The molecule has 0 heterocycles. The summed E-state index contributed by atoms with van der Waals surface area (Å²) in [6, 6.07) is -0.359. The molecule has 0 rings (SSSR count). The highest BCUT2D eigenvalue weighted by atomic mass is 16.5. The summed E-state index contributed by atoms with van der Waals surface area (Å²) in [6.07, 6.45) is 2.59. The van der Waals surface area contributed by atoms with Gasteiger partial charge in [0.15, 0.2) is 0 Å². The first-order valence-electron chi connectivity index (χ1n) is 4.39. The molecule has 0 amide bonds. The van der Waals surface area contributed by atoms with Crippen molar-refractivity contribution in [2.24, 2.45) is 5.84 Å². The number of esters is 1. The smallest absolute Gasteiger partial charge is 0.324 e. The zero-order valence-corrected chi connectivity index (χ0v) is 7.80. The summed E-state index contributed by atoms with van der Waals surface area (Å²) >= 11 is 0. The molecule has 0 saturated heterocycles. The van der Waals surface area contributed by atoms with Gasteiger partial charge in [-0.05, 0) is 12.8 Å². The van der Waals surface area contributed by atoms with E-state index in [0.29, 0.717) is 13.0 Å². The largest absolute Gasteiger partial charge is 0.464 e. The van der Waals surface area contributed by atoms with E-state index in [1.165, 1.54) is 0 Å². The van der Waals surface area contributed by atoms with Crippen LogP contribution in [0.3, 0.4) is 0 Å². The number of hydrazine groups is 1. The third kappa shape index (κ3) is 4.31. The molecule has 0 aromatic heterocycles. The highest BCUT2D eigenvalue weighted by molar-refractivity contribution is 5.75. The van der Waals surface area contributed by atoms with Crippen LogP contribution in [0.5, 0.6) is 0 Å². The second-order valence-electron chi connectivity index (χ2n) is 2.65. The van der Waals surface area contributed by atoms with Crippen molar-refractivity contribution in [3.8, 4) is 0 Å². The molecule has 4 heteroatoms. The summed E-state index contributed by atoms with van der Waals surface area (Å²) in [5.41, 5.74) is 2.40. The lowest BCUT2D eigenvalue weighted by Crippen LogP contribution is -2.41. The van der Waals surface area contributed by atoms with Gasteiger partial charge in [-0.3, -0.25) is 10.6 Å². The Kier molecular flexibility index (Phi) is 6.70. The van der Waals surface area contributed by atoms with E-state index in [4.69, 9.17) is 10.6 Å². The fourth-order valence-electron chi connectivity index (χ4n) is 0.770. The van der Waals surface area contributed by atoms with Crippen molar-refractivity contribution in [2.45, 2.75) is 39.2 Å². The molecule has 0 spiro atoms. The molecule has 0 aliphatic rings. The zero-order valence-electron chi connectivity index (χ0n) is 7.80. The number of carbonyl (C=O) groups excluding carboxylic acids is 1. The Morgan fingerprint density at radius 1 is 1.58 bits per heavy atom. The molecule has 0 bridgehead atoms. The first kappa shape index (κ1) is 11.4. The summed E-state index contributed by atoms with van der Waals surface area (Å²) in [5, 5.41) is 0.